The molecule has 0 aromatic heterocycles. The Labute approximate surface area is 155 Å². The monoisotopic (exact) mass is 362 g/mol. The van der Waals surface area contributed by atoms with Crippen LogP contribution in [0.15, 0.2) is 24.3 Å². The number of carboxylic acid groups (broad SMARTS) is 1. The second-order valence-electron chi connectivity index (χ2n) is 7.24. The van der Waals surface area contributed by atoms with Gasteiger partial charge in [0, 0.05) is 24.7 Å². The predicted octanol–water partition coefficient (Wildman–Crippen LogP) is 2.62. The summed E-state index contributed by atoms with van der Waals surface area (Å²) in [5, 5.41) is 8.95. The summed E-state index contributed by atoms with van der Waals surface area (Å²) in [5.74, 6) is -0.769. The Hall–Kier alpha value is -1.92. The fourth-order valence-electron chi connectivity index (χ4n) is 3.25. The molecule has 1 fully saturated rings. The first kappa shape index (κ1) is 20.4. The van der Waals surface area contributed by atoms with Crippen LogP contribution in [0.4, 0.5) is 0 Å². The largest absolute Gasteiger partial charge is 0.480 e. The number of nitrogens with zero attached hydrogens (tertiary/aromatic N) is 2. The molecule has 1 N–H and O–H groups in total. The Balaban J connectivity index is 1.92. The average molecular weight is 362 g/mol. The minimum absolute atomic E-state index is 0.0402. The molecular formula is C20H30N2O4. The molecule has 0 radical (unpaired) electrons. The molecule has 1 heterocycles. The number of carbonyl (C=O) groups excluding carboxylic acids is 1. The molecule has 2 rings (SSSR count). The number of hydrogen-bond donors (Lipinski definition) is 1. The van der Waals surface area contributed by atoms with Gasteiger partial charge >= 0.3 is 5.97 Å². The third-order valence-electron chi connectivity index (χ3n) is 4.78. The highest BCUT2D eigenvalue weighted by Gasteiger charge is 2.24. The Bertz CT molecular complexity index is 600. The van der Waals surface area contributed by atoms with Crippen LogP contribution >= 0.6 is 0 Å². The van der Waals surface area contributed by atoms with Crippen molar-refractivity contribution in [3.63, 3.8) is 0 Å². The summed E-state index contributed by atoms with van der Waals surface area (Å²) in [4.78, 5) is 27.4. The zero-order valence-electron chi connectivity index (χ0n) is 16.0. The van der Waals surface area contributed by atoms with E-state index in [1.165, 1.54) is 0 Å². The van der Waals surface area contributed by atoms with Gasteiger partial charge in [-0.15, -0.1) is 0 Å². The molecule has 1 amide bonds. The maximum Gasteiger partial charge on any atom is 0.317 e. The topological polar surface area (TPSA) is 70.1 Å². The first-order valence-electron chi connectivity index (χ1n) is 9.28. The van der Waals surface area contributed by atoms with E-state index in [0.29, 0.717) is 25.3 Å². The van der Waals surface area contributed by atoms with Gasteiger partial charge in [0.05, 0.1) is 19.3 Å². The molecule has 1 aliphatic rings. The van der Waals surface area contributed by atoms with Crippen LogP contribution in [0, 0.1) is 0 Å². The third-order valence-corrected chi connectivity index (χ3v) is 4.78. The molecule has 6 heteroatoms. The molecule has 26 heavy (non-hydrogen) atoms. The fraction of sp³-hybridized carbons (Fsp3) is 0.600. The summed E-state index contributed by atoms with van der Waals surface area (Å²) in [5.41, 5.74) is 1.75. The van der Waals surface area contributed by atoms with Crippen molar-refractivity contribution >= 4 is 11.9 Å². The summed E-state index contributed by atoms with van der Waals surface area (Å²) in [6.45, 7) is 5.96. The van der Waals surface area contributed by atoms with Crippen LogP contribution in [0.25, 0.3) is 0 Å². The van der Waals surface area contributed by atoms with Crippen LogP contribution < -0.4 is 0 Å². The summed E-state index contributed by atoms with van der Waals surface area (Å²) < 4.78 is 5.58. The standard InChI is InChI=1S/C20H30N2O4/c1-15(2)26-14-16-6-8-17(9-7-16)20(25)22-11-4-5-18(10-12-22)21(3)13-19(23)24/h6-9,15,18H,4-5,10-14H2,1-3H3,(H,23,24). The average Bonchev–Trinajstić information content (AvgIpc) is 2.85. The van der Waals surface area contributed by atoms with Gasteiger partial charge in [-0.25, -0.2) is 0 Å². The number of likely N-dealkylation sites (tertiary alicyclic amines) is 1. The molecule has 144 valence electrons. The van der Waals surface area contributed by atoms with Crippen molar-refractivity contribution in [2.45, 2.75) is 51.9 Å². The van der Waals surface area contributed by atoms with E-state index >= 15 is 0 Å². The summed E-state index contributed by atoms with van der Waals surface area (Å²) in [6, 6.07) is 7.81. The highest BCUT2D eigenvalue weighted by atomic mass is 16.5. The second kappa shape index (κ2) is 9.69. The quantitative estimate of drug-likeness (QED) is 0.807. The van der Waals surface area contributed by atoms with Crippen molar-refractivity contribution in [3.05, 3.63) is 35.4 Å². The Morgan fingerprint density at radius 2 is 1.92 bits per heavy atom. The van der Waals surface area contributed by atoms with E-state index in [9.17, 15) is 9.59 Å². The smallest absolute Gasteiger partial charge is 0.317 e. The van der Waals surface area contributed by atoms with Gasteiger partial charge in [-0.3, -0.25) is 14.5 Å². The van der Waals surface area contributed by atoms with E-state index in [0.717, 1.165) is 24.8 Å². The van der Waals surface area contributed by atoms with Crippen molar-refractivity contribution in [2.24, 2.45) is 0 Å². The third kappa shape index (κ3) is 6.11. The number of aliphatic carboxylic acids is 1. The van der Waals surface area contributed by atoms with Crippen molar-refractivity contribution in [2.75, 3.05) is 26.7 Å². The molecule has 1 unspecified atom stereocenters. The van der Waals surface area contributed by atoms with Crippen LogP contribution in [0.1, 0.15) is 49.0 Å². The Morgan fingerprint density at radius 3 is 2.54 bits per heavy atom. The van der Waals surface area contributed by atoms with E-state index in [2.05, 4.69) is 0 Å². The summed E-state index contributed by atoms with van der Waals surface area (Å²) >= 11 is 0. The predicted molar refractivity (Wildman–Crippen MR) is 100 cm³/mol. The maximum atomic E-state index is 12.8. The van der Waals surface area contributed by atoms with Gasteiger partial charge < -0.3 is 14.7 Å². The number of benzene rings is 1. The summed E-state index contributed by atoms with van der Waals surface area (Å²) in [7, 11) is 1.84. The number of carboxylic acids is 1. The van der Waals surface area contributed by atoms with Gasteiger partial charge in [0.25, 0.3) is 5.91 Å². The van der Waals surface area contributed by atoms with Crippen LogP contribution in [0.2, 0.25) is 0 Å². The number of ether oxygens (including phenoxy) is 1. The lowest BCUT2D eigenvalue weighted by atomic mass is 10.1. The molecular weight excluding hydrogens is 332 g/mol. The molecule has 1 aromatic carbocycles. The minimum atomic E-state index is -0.814. The van der Waals surface area contributed by atoms with E-state index in [-0.39, 0.29) is 24.6 Å². The van der Waals surface area contributed by atoms with Gasteiger partial charge in [-0.1, -0.05) is 12.1 Å². The van der Waals surface area contributed by atoms with Crippen molar-refractivity contribution in [3.8, 4) is 0 Å². The van der Waals surface area contributed by atoms with E-state index < -0.39 is 5.97 Å². The molecule has 1 aliphatic heterocycles. The highest BCUT2D eigenvalue weighted by Crippen LogP contribution is 2.18. The molecule has 6 nitrogen and oxygen atoms in total. The normalized spacial score (nSPS) is 18.2. The first-order chi connectivity index (χ1) is 12.4. The molecule has 0 bridgehead atoms. The van der Waals surface area contributed by atoms with E-state index in [1.807, 2.05) is 55.0 Å². The second-order valence-corrected chi connectivity index (χ2v) is 7.24. The van der Waals surface area contributed by atoms with Gasteiger partial charge in [-0.2, -0.15) is 0 Å². The lowest BCUT2D eigenvalue weighted by Crippen LogP contribution is -2.37. The molecule has 1 aromatic rings. The van der Waals surface area contributed by atoms with Crippen LogP contribution in [-0.2, 0) is 16.1 Å². The number of likely N-dealkylation sites (N-methyl/N-ethyl adjacent to an activating group) is 1. The number of amides is 1. The number of rotatable bonds is 7. The number of hydrogen-bond acceptors (Lipinski definition) is 4. The fourth-order valence-corrected chi connectivity index (χ4v) is 3.25. The molecule has 1 saturated heterocycles. The lowest BCUT2D eigenvalue weighted by Gasteiger charge is -2.25. The Kier molecular flexibility index (Phi) is 7.60. The Morgan fingerprint density at radius 1 is 1.23 bits per heavy atom. The highest BCUT2D eigenvalue weighted by molar-refractivity contribution is 5.94. The van der Waals surface area contributed by atoms with Crippen molar-refractivity contribution < 1.29 is 19.4 Å². The first-order valence-corrected chi connectivity index (χ1v) is 9.28. The van der Waals surface area contributed by atoms with Gasteiger partial charge in [-0.05, 0) is 57.9 Å². The molecule has 0 aliphatic carbocycles. The zero-order valence-corrected chi connectivity index (χ0v) is 16.0. The van der Waals surface area contributed by atoms with Crippen molar-refractivity contribution in [1.82, 2.24) is 9.80 Å². The van der Waals surface area contributed by atoms with Crippen molar-refractivity contribution in [1.29, 1.82) is 0 Å². The molecule has 0 saturated carbocycles. The van der Waals surface area contributed by atoms with Gasteiger partial charge in [0.15, 0.2) is 0 Å². The zero-order chi connectivity index (χ0) is 19.1. The minimum Gasteiger partial charge on any atom is -0.480 e. The van der Waals surface area contributed by atoms with E-state index in [4.69, 9.17) is 9.84 Å². The van der Waals surface area contributed by atoms with Crippen LogP contribution in [-0.4, -0.2) is 65.6 Å². The lowest BCUT2D eigenvalue weighted by molar-refractivity contribution is -0.138. The molecule has 0 spiro atoms. The summed E-state index contributed by atoms with van der Waals surface area (Å²) in [6.07, 6.45) is 2.79. The van der Waals surface area contributed by atoms with Gasteiger partial charge in [0.1, 0.15) is 0 Å². The van der Waals surface area contributed by atoms with E-state index in [1.54, 1.807) is 0 Å². The van der Waals surface area contributed by atoms with Gasteiger partial charge in [0.2, 0.25) is 0 Å². The SMILES string of the molecule is CC(C)OCc1ccc(C(=O)N2CCCC(N(C)CC(=O)O)CC2)cc1. The molecule has 1 atom stereocenters. The maximum absolute atomic E-state index is 12.8. The number of carbonyl (C=O) groups is 2. The van der Waals surface area contributed by atoms with Crippen LogP contribution in [0.3, 0.4) is 0 Å². The van der Waals surface area contributed by atoms with Crippen LogP contribution in [0.5, 0.6) is 0 Å².